The Balaban J connectivity index is 1.65. The second-order valence-electron chi connectivity index (χ2n) is 5.78. The molecule has 0 aliphatic carbocycles. The van der Waals surface area contributed by atoms with E-state index in [-0.39, 0.29) is 6.04 Å². The van der Waals surface area contributed by atoms with Crippen molar-refractivity contribution >= 4 is 21.4 Å². The molecule has 112 valence electrons. The van der Waals surface area contributed by atoms with Gasteiger partial charge in [0.2, 0.25) is 10.0 Å². The van der Waals surface area contributed by atoms with Gasteiger partial charge in [-0.3, -0.25) is 4.90 Å². The molecule has 2 aliphatic heterocycles. The molecule has 0 unspecified atom stereocenters. The molecule has 0 bridgehead atoms. The zero-order valence-corrected chi connectivity index (χ0v) is 13.1. The molecule has 5 nitrogen and oxygen atoms in total. The lowest BCUT2D eigenvalue weighted by atomic mass is 9.88. The first-order valence-corrected chi connectivity index (χ1v) is 9.63. The quantitative estimate of drug-likeness (QED) is 0.890. The van der Waals surface area contributed by atoms with Gasteiger partial charge in [0.15, 0.2) is 0 Å². The van der Waals surface area contributed by atoms with E-state index in [2.05, 4.69) is 26.4 Å². The summed E-state index contributed by atoms with van der Waals surface area (Å²) in [5, 5.41) is 4.26. The third-order valence-electron chi connectivity index (χ3n) is 4.07. The maximum Gasteiger partial charge on any atom is 0.209 e. The standard InChI is InChI=1S/C13H20N2O3S2/c1-20(16,17)14-13-8-18-7-11-5-15(6-12(11)13)4-10-2-3-19-9-10/h2-3,9,11-14H,4-8H2,1H3/t11-,12-,13-/m1/s1. The highest BCUT2D eigenvalue weighted by atomic mass is 32.2. The Bertz CT molecular complexity index is 544. The van der Waals surface area contributed by atoms with Crippen molar-refractivity contribution in [3.63, 3.8) is 0 Å². The minimum absolute atomic E-state index is 0.0868. The fourth-order valence-corrected chi connectivity index (χ4v) is 4.71. The summed E-state index contributed by atoms with van der Waals surface area (Å²) in [6, 6.07) is 2.06. The van der Waals surface area contributed by atoms with E-state index in [1.807, 2.05) is 0 Å². The Hall–Kier alpha value is -0.470. The first-order chi connectivity index (χ1) is 9.51. The van der Waals surface area contributed by atoms with Crippen LogP contribution in [0.2, 0.25) is 0 Å². The fourth-order valence-electron chi connectivity index (χ4n) is 3.26. The minimum atomic E-state index is -3.18. The molecule has 1 aromatic rings. The van der Waals surface area contributed by atoms with E-state index in [0.29, 0.717) is 18.4 Å². The first kappa shape index (κ1) is 14.5. The molecule has 7 heteroatoms. The normalized spacial score (nSPS) is 31.4. The van der Waals surface area contributed by atoms with Gasteiger partial charge in [0.05, 0.1) is 19.5 Å². The van der Waals surface area contributed by atoms with Gasteiger partial charge in [0, 0.05) is 31.6 Å². The zero-order valence-electron chi connectivity index (χ0n) is 11.5. The topological polar surface area (TPSA) is 58.6 Å². The van der Waals surface area contributed by atoms with Crippen molar-refractivity contribution in [2.24, 2.45) is 11.8 Å². The molecule has 3 atom stereocenters. The van der Waals surface area contributed by atoms with E-state index < -0.39 is 10.0 Å². The average Bonchev–Trinajstić information content (AvgIpc) is 2.97. The highest BCUT2D eigenvalue weighted by Crippen LogP contribution is 2.31. The van der Waals surface area contributed by atoms with Crippen LogP contribution in [0.5, 0.6) is 0 Å². The Labute approximate surface area is 124 Å². The third kappa shape index (κ3) is 3.40. The van der Waals surface area contributed by atoms with Crippen LogP contribution < -0.4 is 4.72 Å². The smallest absolute Gasteiger partial charge is 0.209 e. The van der Waals surface area contributed by atoms with Crippen molar-refractivity contribution < 1.29 is 13.2 Å². The Morgan fingerprint density at radius 3 is 3.00 bits per heavy atom. The molecule has 3 rings (SSSR count). The van der Waals surface area contributed by atoms with E-state index in [1.165, 1.54) is 11.8 Å². The summed E-state index contributed by atoms with van der Waals surface area (Å²) in [4.78, 5) is 2.41. The van der Waals surface area contributed by atoms with Crippen molar-refractivity contribution in [3.8, 4) is 0 Å². The van der Waals surface area contributed by atoms with E-state index in [1.54, 1.807) is 11.3 Å². The first-order valence-electron chi connectivity index (χ1n) is 6.80. The van der Waals surface area contributed by atoms with Gasteiger partial charge in [-0.25, -0.2) is 13.1 Å². The van der Waals surface area contributed by atoms with Crippen molar-refractivity contribution in [2.45, 2.75) is 12.6 Å². The van der Waals surface area contributed by atoms with Crippen molar-refractivity contribution in [1.29, 1.82) is 0 Å². The Kier molecular flexibility index (Phi) is 4.14. The molecule has 0 saturated carbocycles. The maximum absolute atomic E-state index is 11.4. The van der Waals surface area contributed by atoms with E-state index in [4.69, 9.17) is 4.74 Å². The summed E-state index contributed by atoms with van der Waals surface area (Å²) in [5.41, 5.74) is 1.34. The van der Waals surface area contributed by atoms with Gasteiger partial charge < -0.3 is 4.74 Å². The number of thiophene rings is 1. The predicted molar refractivity (Wildman–Crippen MR) is 79.2 cm³/mol. The Morgan fingerprint density at radius 2 is 2.30 bits per heavy atom. The molecular weight excluding hydrogens is 296 g/mol. The summed E-state index contributed by atoms with van der Waals surface area (Å²) < 4.78 is 31.2. The molecule has 2 aliphatic rings. The molecule has 1 N–H and O–H groups in total. The number of nitrogens with zero attached hydrogens (tertiary/aromatic N) is 1. The van der Waals surface area contributed by atoms with E-state index in [0.717, 1.165) is 26.2 Å². The molecule has 0 aromatic carbocycles. The minimum Gasteiger partial charge on any atom is -0.379 e. The predicted octanol–water partition coefficient (Wildman–Crippen LogP) is 0.744. The highest BCUT2D eigenvalue weighted by molar-refractivity contribution is 7.88. The van der Waals surface area contributed by atoms with Crippen molar-refractivity contribution in [1.82, 2.24) is 9.62 Å². The molecule has 0 radical (unpaired) electrons. The van der Waals surface area contributed by atoms with Crippen LogP contribution in [0.25, 0.3) is 0 Å². The number of fused-ring (bicyclic) bond motifs is 1. The average molecular weight is 316 g/mol. The molecule has 0 spiro atoms. The lowest BCUT2D eigenvalue weighted by molar-refractivity contribution is 0.0164. The lowest BCUT2D eigenvalue weighted by Gasteiger charge is -2.32. The van der Waals surface area contributed by atoms with E-state index in [9.17, 15) is 8.42 Å². The molecule has 20 heavy (non-hydrogen) atoms. The summed E-state index contributed by atoms with van der Waals surface area (Å²) >= 11 is 1.71. The number of ether oxygens (including phenoxy) is 1. The number of nitrogens with one attached hydrogen (secondary N) is 1. The van der Waals surface area contributed by atoms with Crippen LogP contribution in [0.4, 0.5) is 0 Å². The second kappa shape index (κ2) is 5.73. The summed E-state index contributed by atoms with van der Waals surface area (Å²) in [7, 11) is -3.18. The molecule has 3 heterocycles. The van der Waals surface area contributed by atoms with Crippen LogP contribution in [0, 0.1) is 11.8 Å². The van der Waals surface area contributed by atoms with Crippen molar-refractivity contribution in [3.05, 3.63) is 22.4 Å². The van der Waals surface area contributed by atoms with Crippen LogP contribution in [0.1, 0.15) is 5.56 Å². The van der Waals surface area contributed by atoms with Gasteiger partial charge >= 0.3 is 0 Å². The van der Waals surface area contributed by atoms with Crippen LogP contribution in [0.3, 0.4) is 0 Å². The largest absolute Gasteiger partial charge is 0.379 e. The van der Waals surface area contributed by atoms with Crippen molar-refractivity contribution in [2.75, 3.05) is 32.6 Å². The third-order valence-corrected chi connectivity index (χ3v) is 5.53. The molecular formula is C13H20N2O3S2. The maximum atomic E-state index is 11.4. The zero-order chi connectivity index (χ0) is 14.2. The summed E-state index contributed by atoms with van der Waals surface area (Å²) in [5.74, 6) is 0.791. The fraction of sp³-hybridized carbons (Fsp3) is 0.692. The highest BCUT2D eigenvalue weighted by Gasteiger charge is 2.41. The van der Waals surface area contributed by atoms with Gasteiger partial charge in [0.1, 0.15) is 0 Å². The van der Waals surface area contributed by atoms with Crippen LogP contribution in [-0.4, -0.2) is 51.9 Å². The Morgan fingerprint density at radius 1 is 1.45 bits per heavy atom. The van der Waals surface area contributed by atoms with Gasteiger partial charge in [-0.15, -0.1) is 0 Å². The lowest BCUT2D eigenvalue weighted by Crippen LogP contribution is -2.49. The number of hydrogen-bond donors (Lipinski definition) is 1. The van der Waals surface area contributed by atoms with E-state index >= 15 is 0 Å². The van der Waals surface area contributed by atoms with Gasteiger partial charge in [-0.2, -0.15) is 11.3 Å². The number of rotatable bonds is 4. The molecule has 0 amide bonds. The molecule has 2 saturated heterocycles. The second-order valence-corrected chi connectivity index (χ2v) is 8.34. The molecule has 1 aromatic heterocycles. The monoisotopic (exact) mass is 316 g/mol. The summed E-state index contributed by atoms with van der Waals surface area (Å²) in [6.07, 6.45) is 1.22. The summed E-state index contributed by atoms with van der Waals surface area (Å²) in [6.45, 7) is 4.11. The number of sulfonamides is 1. The van der Waals surface area contributed by atoms with Gasteiger partial charge in [0.25, 0.3) is 0 Å². The van der Waals surface area contributed by atoms with Gasteiger partial charge in [-0.05, 0) is 28.3 Å². The van der Waals surface area contributed by atoms with Gasteiger partial charge in [-0.1, -0.05) is 0 Å². The van der Waals surface area contributed by atoms with Crippen LogP contribution in [0.15, 0.2) is 16.8 Å². The molecule has 2 fully saturated rings. The number of hydrogen-bond acceptors (Lipinski definition) is 5. The van der Waals surface area contributed by atoms with Crippen LogP contribution in [-0.2, 0) is 21.3 Å². The SMILES string of the molecule is CS(=O)(=O)N[C@@H]1COC[C@H]2CN(Cc3ccsc3)C[C@H]21. The number of likely N-dealkylation sites (tertiary alicyclic amines) is 1. The van der Waals surface area contributed by atoms with Crippen LogP contribution >= 0.6 is 11.3 Å².